The molecule has 0 aliphatic rings. The van der Waals surface area contributed by atoms with Gasteiger partial charge in [0.25, 0.3) is 0 Å². The fourth-order valence-corrected chi connectivity index (χ4v) is 2.59. The molecule has 2 amide bonds. The maximum atomic E-state index is 12.3. The highest BCUT2D eigenvalue weighted by molar-refractivity contribution is 5.95. The number of aryl methyl sites for hydroxylation is 1. The lowest BCUT2D eigenvalue weighted by atomic mass is 10.1. The summed E-state index contributed by atoms with van der Waals surface area (Å²) >= 11 is 0. The van der Waals surface area contributed by atoms with Crippen LogP contribution in [0.2, 0.25) is 0 Å². The summed E-state index contributed by atoms with van der Waals surface area (Å²) in [6, 6.07) is 14.9. The smallest absolute Gasteiger partial charge is 0.227 e. The van der Waals surface area contributed by atoms with Gasteiger partial charge in [0.1, 0.15) is 0 Å². The zero-order valence-electron chi connectivity index (χ0n) is 15.2. The Morgan fingerprint density at radius 3 is 2.41 bits per heavy atom. The van der Waals surface area contributed by atoms with Crippen molar-refractivity contribution >= 4 is 23.2 Å². The molecule has 3 rings (SSSR count). The first-order valence-corrected chi connectivity index (χ1v) is 8.58. The van der Waals surface area contributed by atoms with Crippen molar-refractivity contribution in [3.8, 4) is 11.4 Å². The van der Waals surface area contributed by atoms with Crippen molar-refractivity contribution in [2.24, 2.45) is 0 Å². The van der Waals surface area contributed by atoms with Crippen LogP contribution in [0.3, 0.4) is 0 Å². The predicted molar refractivity (Wildman–Crippen MR) is 102 cm³/mol. The minimum Gasteiger partial charge on any atom is -0.339 e. The van der Waals surface area contributed by atoms with E-state index < -0.39 is 0 Å². The standard InChI is InChI=1S/C20H20N4O3/c1-13-16(21-14(2)25)9-6-10-17(13)22-18(26)11-12-19-23-20(24-27-19)15-7-4-3-5-8-15/h3-10H,11-12H2,1-2H3,(H,21,25)(H,22,26). The van der Waals surface area contributed by atoms with Gasteiger partial charge in [-0.25, -0.2) is 0 Å². The Kier molecular flexibility index (Phi) is 5.61. The second kappa shape index (κ2) is 8.27. The molecule has 0 spiro atoms. The number of nitrogens with one attached hydrogen (secondary N) is 2. The maximum Gasteiger partial charge on any atom is 0.227 e. The first-order valence-electron chi connectivity index (χ1n) is 8.58. The van der Waals surface area contributed by atoms with E-state index in [9.17, 15) is 9.59 Å². The first-order chi connectivity index (χ1) is 13.0. The highest BCUT2D eigenvalue weighted by Gasteiger charge is 2.12. The summed E-state index contributed by atoms with van der Waals surface area (Å²) in [4.78, 5) is 27.8. The largest absolute Gasteiger partial charge is 0.339 e. The molecule has 0 saturated carbocycles. The van der Waals surface area contributed by atoms with Gasteiger partial charge in [0.2, 0.25) is 23.5 Å². The monoisotopic (exact) mass is 364 g/mol. The molecular weight excluding hydrogens is 344 g/mol. The van der Waals surface area contributed by atoms with Gasteiger partial charge in [-0.05, 0) is 24.6 Å². The van der Waals surface area contributed by atoms with Crippen LogP contribution in [0.5, 0.6) is 0 Å². The molecule has 0 fully saturated rings. The Labute approximate surface area is 156 Å². The summed E-state index contributed by atoms with van der Waals surface area (Å²) in [6.45, 7) is 3.28. The molecule has 0 aliphatic heterocycles. The number of carbonyl (C=O) groups excluding carboxylic acids is 2. The third-order valence-electron chi connectivity index (χ3n) is 3.98. The molecule has 0 unspecified atom stereocenters. The number of nitrogens with zero attached hydrogens (tertiary/aromatic N) is 2. The molecule has 7 nitrogen and oxygen atoms in total. The van der Waals surface area contributed by atoms with Gasteiger partial charge in [0.15, 0.2) is 0 Å². The molecule has 1 heterocycles. The highest BCUT2D eigenvalue weighted by atomic mass is 16.5. The lowest BCUT2D eigenvalue weighted by Gasteiger charge is -2.12. The zero-order chi connectivity index (χ0) is 19.2. The number of rotatable bonds is 6. The summed E-state index contributed by atoms with van der Waals surface area (Å²) in [5, 5.41) is 9.54. The van der Waals surface area contributed by atoms with Gasteiger partial charge in [-0.3, -0.25) is 9.59 Å². The fraction of sp³-hybridized carbons (Fsp3) is 0.200. The van der Waals surface area contributed by atoms with Crippen molar-refractivity contribution in [2.75, 3.05) is 10.6 Å². The van der Waals surface area contributed by atoms with Gasteiger partial charge in [-0.15, -0.1) is 0 Å². The number of hydrogen-bond acceptors (Lipinski definition) is 5. The maximum absolute atomic E-state index is 12.3. The Bertz CT molecular complexity index is 951. The number of amides is 2. The van der Waals surface area contributed by atoms with Crippen LogP contribution in [0.25, 0.3) is 11.4 Å². The van der Waals surface area contributed by atoms with Crippen molar-refractivity contribution in [2.45, 2.75) is 26.7 Å². The van der Waals surface area contributed by atoms with E-state index in [1.165, 1.54) is 6.92 Å². The first kappa shape index (κ1) is 18.3. The summed E-state index contributed by atoms with van der Waals surface area (Å²) in [7, 11) is 0. The van der Waals surface area contributed by atoms with Gasteiger partial charge in [0.05, 0.1) is 0 Å². The second-order valence-corrected chi connectivity index (χ2v) is 6.09. The van der Waals surface area contributed by atoms with Gasteiger partial charge in [0, 0.05) is 36.7 Å². The highest BCUT2D eigenvalue weighted by Crippen LogP contribution is 2.23. The van der Waals surface area contributed by atoms with Crippen LogP contribution >= 0.6 is 0 Å². The number of anilines is 2. The van der Waals surface area contributed by atoms with Crippen molar-refractivity contribution in [1.29, 1.82) is 0 Å². The molecule has 2 aromatic carbocycles. The van der Waals surface area contributed by atoms with E-state index in [-0.39, 0.29) is 18.2 Å². The number of benzene rings is 2. The molecule has 27 heavy (non-hydrogen) atoms. The van der Waals surface area contributed by atoms with Crippen molar-refractivity contribution in [1.82, 2.24) is 10.1 Å². The second-order valence-electron chi connectivity index (χ2n) is 6.09. The van der Waals surface area contributed by atoms with Crippen LogP contribution in [0.4, 0.5) is 11.4 Å². The quantitative estimate of drug-likeness (QED) is 0.697. The van der Waals surface area contributed by atoms with Crippen LogP contribution in [0.1, 0.15) is 24.8 Å². The van der Waals surface area contributed by atoms with E-state index >= 15 is 0 Å². The molecule has 0 radical (unpaired) electrons. The average molecular weight is 364 g/mol. The fourth-order valence-electron chi connectivity index (χ4n) is 2.59. The molecule has 2 N–H and O–H groups in total. The molecule has 0 saturated heterocycles. The predicted octanol–water partition coefficient (Wildman–Crippen LogP) is 3.57. The lowest BCUT2D eigenvalue weighted by Crippen LogP contribution is -2.14. The van der Waals surface area contributed by atoms with E-state index in [1.807, 2.05) is 37.3 Å². The summed E-state index contributed by atoms with van der Waals surface area (Å²) in [5.74, 6) is 0.585. The SMILES string of the molecule is CC(=O)Nc1cccc(NC(=O)CCc2nc(-c3ccccc3)no2)c1C. The molecule has 0 atom stereocenters. The van der Waals surface area contributed by atoms with Gasteiger partial charge >= 0.3 is 0 Å². The molecular formula is C20H20N4O3. The molecule has 138 valence electrons. The number of hydrogen-bond donors (Lipinski definition) is 2. The minimum atomic E-state index is -0.169. The minimum absolute atomic E-state index is 0.160. The lowest BCUT2D eigenvalue weighted by molar-refractivity contribution is -0.116. The Balaban J connectivity index is 1.59. The van der Waals surface area contributed by atoms with Gasteiger partial charge in [-0.1, -0.05) is 41.6 Å². The summed E-state index contributed by atoms with van der Waals surface area (Å²) < 4.78 is 5.22. The molecule has 1 aromatic heterocycles. The third kappa shape index (κ3) is 4.78. The van der Waals surface area contributed by atoms with Crippen LogP contribution in [0.15, 0.2) is 53.1 Å². The van der Waals surface area contributed by atoms with Crippen molar-refractivity contribution < 1.29 is 14.1 Å². The Morgan fingerprint density at radius 1 is 1.00 bits per heavy atom. The average Bonchev–Trinajstić information content (AvgIpc) is 3.13. The van der Waals surface area contributed by atoms with Crippen molar-refractivity contribution in [3.05, 3.63) is 60.0 Å². The number of aromatic nitrogens is 2. The molecule has 3 aromatic rings. The van der Waals surface area contributed by atoms with Crippen LogP contribution in [-0.4, -0.2) is 22.0 Å². The number of carbonyl (C=O) groups is 2. The Morgan fingerprint density at radius 2 is 1.70 bits per heavy atom. The topological polar surface area (TPSA) is 97.1 Å². The van der Waals surface area contributed by atoms with Gasteiger partial charge in [-0.2, -0.15) is 4.98 Å². The van der Waals surface area contributed by atoms with Gasteiger partial charge < -0.3 is 15.2 Å². The molecule has 0 bridgehead atoms. The summed E-state index contributed by atoms with van der Waals surface area (Å²) in [5.41, 5.74) is 2.99. The molecule has 0 aliphatic carbocycles. The normalized spacial score (nSPS) is 10.4. The Hall–Kier alpha value is -3.48. The van der Waals surface area contributed by atoms with E-state index in [2.05, 4.69) is 20.8 Å². The van der Waals surface area contributed by atoms with Crippen LogP contribution < -0.4 is 10.6 Å². The van der Waals surface area contributed by atoms with E-state index in [4.69, 9.17) is 4.52 Å². The zero-order valence-corrected chi connectivity index (χ0v) is 15.2. The third-order valence-corrected chi connectivity index (χ3v) is 3.98. The van der Waals surface area contributed by atoms with Crippen molar-refractivity contribution in [3.63, 3.8) is 0 Å². The summed E-state index contributed by atoms with van der Waals surface area (Å²) in [6.07, 6.45) is 0.552. The van der Waals surface area contributed by atoms with E-state index in [1.54, 1.807) is 18.2 Å². The molecule has 7 heteroatoms. The van der Waals surface area contributed by atoms with Crippen LogP contribution in [0, 0.1) is 6.92 Å². The van der Waals surface area contributed by atoms with Crippen LogP contribution in [-0.2, 0) is 16.0 Å². The van der Waals surface area contributed by atoms with E-state index in [0.29, 0.717) is 29.5 Å². The van der Waals surface area contributed by atoms with E-state index in [0.717, 1.165) is 11.1 Å².